The van der Waals surface area contributed by atoms with Crippen molar-refractivity contribution in [1.29, 1.82) is 0 Å². The predicted octanol–water partition coefficient (Wildman–Crippen LogP) is 2.01. The third-order valence-electron chi connectivity index (χ3n) is 4.96. The number of likely N-dealkylation sites (N-methyl/N-ethyl adjacent to an activating group) is 1. The fourth-order valence-corrected chi connectivity index (χ4v) is 3.68. The van der Waals surface area contributed by atoms with Gasteiger partial charge in [-0.25, -0.2) is 14.4 Å². The first-order chi connectivity index (χ1) is 14.9. The molecule has 31 heavy (non-hydrogen) atoms. The number of aliphatic hydroxyl groups is 1. The molecule has 0 atom stereocenters. The number of methoxy groups -OCH3 is 1. The zero-order valence-corrected chi connectivity index (χ0v) is 17.7. The molecule has 0 fully saturated rings. The van der Waals surface area contributed by atoms with Gasteiger partial charge in [-0.1, -0.05) is 11.6 Å². The Morgan fingerprint density at radius 3 is 2.87 bits per heavy atom. The van der Waals surface area contributed by atoms with Gasteiger partial charge in [0.05, 0.1) is 31.2 Å². The van der Waals surface area contributed by atoms with E-state index in [2.05, 4.69) is 20.2 Å². The van der Waals surface area contributed by atoms with Crippen molar-refractivity contribution in [3.8, 4) is 23.0 Å². The maximum atomic E-state index is 15.2. The normalized spacial score (nSPS) is 11.3. The van der Waals surface area contributed by atoms with Crippen molar-refractivity contribution in [3.63, 3.8) is 0 Å². The molecule has 0 saturated carbocycles. The lowest BCUT2D eigenvalue weighted by Gasteiger charge is -2.12. The number of halogens is 2. The fourth-order valence-electron chi connectivity index (χ4n) is 3.46. The van der Waals surface area contributed by atoms with Crippen LogP contribution in [-0.2, 0) is 7.05 Å². The molecule has 0 spiro atoms. The van der Waals surface area contributed by atoms with Gasteiger partial charge in [0.2, 0.25) is 5.82 Å². The molecule has 0 aliphatic heterocycles. The van der Waals surface area contributed by atoms with Crippen molar-refractivity contribution in [2.75, 3.05) is 27.3 Å². The number of fused-ring (bicyclic) bond motifs is 1. The summed E-state index contributed by atoms with van der Waals surface area (Å²) in [5.74, 6) is -0.759. The summed E-state index contributed by atoms with van der Waals surface area (Å²) in [6.07, 6.45) is 4.86. The maximum absolute atomic E-state index is 15.2. The number of nitrogens with one attached hydrogen (secondary N) is 1. The van der Waals surface area contributed by atoms with Gasteiger partial charge in [-0.2, -0.15) is 0 Å². The van der Waals surface area contributed by atoms with Crippen molar-refractivity contribution >= 4 is 28.4 Å². The number of aliphatic hydroxyl groups excluding tert-OH is 1. The van der Waals surface area contributed by atoms with Crippen molar-refractivity contribution in [1.82, 2.24) is 34.2 Å². The van der Waals surface area contributed by atoms with E-state index in [-0.39, 0.29) is 41.1 Å². The second-order valence-electron chi connectivity index (χ2n) is 6.79. The highest BCUT2D eigenvalue weighted by atomic mass is 35.5. The van der Waals surface area contributed by atoms with Crippen molar-refractivity contribution in [2.24, 2.45) is 7.05 Å². The highest BCUT2D eigenvalue weighted by molar-refractivity contribution is 6.33. The van der Waals surface area contributed by atoms with Crippen LogP contribution in [0.5, 0.6) is 5.75 Å². The van der Waals surface area contributed by atoms with E-state index in [1.54, 1.807) is 41.0 Å². The molecule has 4 aromatic rings. The Morgan fingerprint density at radius 1 is 1.45 bits per heavy atom. The van der Waals surface area contributed by atoms with Crippen LogP contribution in [0.1, 0.15) is 10.6 Å². The van der Waals surface area contributed by atoms with Crippen LogP contribution in [0.4, 0.5) is 4.39 Å². The lowest BCUT2D eigenvalue weighted by molar-refractivity contribution is 0.0755. The molecular formula is C19H19ClFN7O3. The highest BCUT2D eigenvalue weighted by Crippen LogP contribution is 2.41. The first kappa shape index (κ1) is 20.8. The van der Waals surface area contributed by atoms with Gasteiger partial charge in [0, 0.05) is 38.4 Å². The molecular weight excluding hydrogens is 429 g/mol. The Bertz CT molecular complexity index is 1270. The molecule has 0 saturated heterocycles. The molecule has 2 N–H and O–H groups in total. The van der Waals surface area contributed by atoms with E-state index in [4.69, 9.17) is 21.4 Å². The molecule has 1 aromatic carbocycles. The van der Waals surface area contributed by atoms with Gasteiger partial charge < -0.3 is 23.9 Å². The Kier molecular flexibility index (Phi) is 5.38. The van der Waals surface area contributed by atoms with E-state index >= 15 is 4.39 Å². The average Bonchev–Trinajstić information content (AvgIpc) is 3.49. The van der Waals surface area contributed by atoms with E-state index in [9.17, 15) is 4.79 Å². The zero-order chi connectivity index (χ0) is 22.3. The Morgan fingerprint density at radius 2 is 2.23 bits per heavy atom. The lowest BCUT2D eigenvalue weighted by Crippen LogP contribution is -2.30. The van der Waals surface area contributed by atoms with E-state index in [0.717, 1.165) is 0 Å². The summed E-state index contributed by atoms with van der Waals surface area (Å²) < 4.78 is 23.7. The minimum absolute atomic E-state index is 0.0797. The second kappa shape index (κ2) is 8.00. The van der Waals surface area contributed by atoms with Crippen molar-refractivity contribution in [3.05, 3.63) is 41.5 Å². The van der Waals surface area contributed by atoms with E-state index in [0.29, 0.717) is 16.8 Å². The molecule has 162 valence electrons. The predicted molar refractivity (Wildman–Crippen MR) is 111 cm³/mol. The van der Waals surface area contributed by atoms with Crippen LogP contribution in [0.25, 0.3) is 28.1 Å². The Labute approximate surface area is 180 Å². The number of nitrogens with zero attached hydrogens (tertiary/aromatic N) is 6. The second-order valence-corrected chi connectivity index (χ2v) is 7.17. The third kappa shape index (κ3) is 3.31. The smallest absolute Gasteiger partial charge is 0.293 e. The number of rotatable bonds is 6. The van der Waals surface area contributed by atoms with Gasteiger partial charge in [0.15, 0.2) is 11.6 Å². The highest BCUT2D eigenvalue weighted by Gasteiger charge is 2.27. The van der Waals surface area contributed by atoms with Crippen LogP contribution in [0.2, 0.25) is 5.02 Å². The van der Waals surface area contributed by atoms with Crippen LogP contribution >= 0.6 is 11.6 Å². The van der Waals surface area contributed by atoms with Crippen molar-refractivity contribution < 1.29 is 19.0 Å². The Balaban J connectivity index is 1.97. The minimum atomic E-state index is -0.648. The SMILES string of the molecule is COc1cc2c(-n3ccnc3)c(-c3nc(C(=O)N(C)CCO)n[nH]3)n(C)c2c(F)c1Cl. The van der Waals surface area contributed by atoms with Crippen LogP contribution in [-0.4, -0.2) is 72.5 Å². The standard InChI is InChI=1S/C19H19ClFN7O3/c1-26(6-7-29)19(30)18-23-17(24-25-18)16-15(28-5-4-22-9-28)10-8-11(31-3)12(20)13(21)14(10)27(16)2/h4-5,8-9,29H,6-7H2,1-3H3,(H,23,24,25). The maximum Gasteiger partial charge on any atom is 0.293 e. The molecule has 0 aliphatic rings. The van der Waals surface area contributed by atoms with Crippen LogP contribution < -0.4 is 4.74 Å². The largest absolute Gasteiger partial charge is 0.495 e. The topological polar surface area (TPSA) is 114 Å². The van der Waals surface area contributed by atoms with Gasteiger partial charge in [0.1, 0.15) is 16.5 Å². The van der Waals surface area contributed by atoms with Crippen LogP contribution in [0.3, 0.4) is 0 Å². The van der Waals surface area contributed by atoms with Crippen LogP contribution in [0.15, 0.2) is 24.8 Å². The number of amides is 1. The summed E-state index contributed by atoms with van der Waals surface area (Å²) in [5.41, 5.74) is 1.25. The number of imidazole rings is 1. The summed E-state index contributed by atoms with van der Waals surface area (Å²) in [7, 11) is 4.60. The number of ether oxygens (including phenoxy) is 1. The number of aromatic amines is 1. The zero-order valence-electron chi connectivity index (χ0n) is 16.9. The fraction of sp³-hybridized carbons (Fsp3) is 0.263. The first-order valence-electron chi connectivity index (χ1n) is 9.20. The molecule has 12 heteroatoms. The molecule has 0 radical (unpaired) electrons. The molecule has 0 bridgehead atoms. The third-order valence-corrected chi connectivity index (χ3v) is 5.32. The van der Waals surface area contributed by atoms with Gasteiger partial charge in [0.25, 0.3) is 5.91 Å². The summed E-state index contributed by atoms with van der Waals surface area (Å²) in [6, 6.07) is 1.64. The Hall–Kier alpha value is -3.44. The molecule has 10 nitrogen and oxygen atoms in total. The monoisotopic (exact) mass is 447 g/mol. The van der Waals surface area contributed by atoms with Crippen molar-refractivity contribution in [2.45, 2.75) is 0 Å². The van der Waals surface area contributed by atoms with Gasteiger partial charge in [-0.3, -0.25) is 9.89 Å². The number of benzene rings is 1. The molecule has 1 amide bonds. The number of H-pyrrole nitrogens is 1. The summed E-state index contributed by atoms with van der Waals surface area (Å²) in [5, 5.41) is 16.2. The number of hydrogen-bond acceptors (Lipinski definition) is 6. The quantitative estimate of drug-likeness (QED) is 0.467. The lowest BCUT2D eigenvalue weighted by atomic mass is 10.2. The number of carbonyl (C=O) groups excluding carboxylic acids is 1. The molecule has 0 aliphatic carbocycles. The molecule has 3 aromatic heterocycles. The van der Waals surface area contributed by atoms with Gasteiger partial charge in [-0.15, -0.1) is 5.10 Å². The van der Waals surface area contributed by atoms with E-state index in [1.165, 1.54) is 19.1 Å². The van der Waals surface area contributed by atoms with Crippen LogP contribution in [0, 0.1) is 5.82 Å². The number of aryl methyl sites for hydroxylation is 1. The molecule has 0 unspecified atom stereocenters. The number of carbonyl (C=O) groups is 1. The van der Waals surface area contributed by atoms with E-state index < -0.39 is 11.7 Å². The number of aromatic nitrogens is 6. The molecule has 4 rings (SSSR count). The summed E-state index contributed by atoms with van der Waals surface area (Å²) >= 11 is 6.15. The van der Waals surface area contributed by atoms with Gasteiger partial charge >= 0.3 is 0 Å². The summed E-state index contributed by atoms with van der Waals surface area (Å²) in [6.45, 7) is -0.0457. The average molecular weight is 448 g/mol. The number of hydrogen-bond donors (Lipinski definition) is 2. The minimum Gasteiger partial charge on any atom is -0.495 e. The van der Waals surface area contributed by atoms with Gasteiger partial charge in [-0.05, 0) is 6.07 Å². The van der Waals surface area contributed by atoms with E-state index in [1.807, 2.05) is 0 Å². The summed E-state index contributed by atoms with van der Waals surface area (Å²) in [4.78, 5) is 22.2. The molecule has 3 heterocycles. The first-order valence-corrected chi connectivity index (χ1v) is 9.58.